The quantitative estimate of drug-likeness (QED) is 0.243. The molecular formula is C26H26O4S2. The molecule has 0 radical (unpaired) electrons. The molecule has 0 heterocycles. The Kier molecular flexibility index (Phi) is 7.48. The highest BCUT2D eigenvalue weighted by atomic mass is 32.2. The highest BCUT2D eigenvalue weighted by molar-refractivity contribution is 7.98. The predicted octanol–water partition coefficient (Wildman–Crippen LogP) is 5.52. The molecule has 6 heteroatoms. The van der Waals surface area contributed by atoms with E-state index in [-0.39, 0.29) is 24.7 Å². The van der Waals surface area contributed by atoms with Crippen molar-refractivity contribution in [3.8, 4) is 22.6 Å². The minimum atomic E-state index is 0.0881. The first-order chi connectivity index (χ1) is 15.7. The van der Waals surface area contributed by atoms with Gasteiger partial charge in [0.1, 0.15) is 11.5 Å². The van der Waals surface area contributed by atoms with Crippen molar-refractivity contribution in [1.29, 1.82) is 0 Å². The van der Waals surface area contributed by atoms with Gasteiger partial charge in [-0.15, -0.1) is 0 Å². The molecule has 4 rings (SSSR count). The van der Waals surface area contributed by atoms with Gasteiger partial charge in [0.15, 0.2) is 0 Å². The minimum Gasteiger partial charge on any atom is -0.507 e. The van der Waals surface area contributed by atoms with Crippen molar-refractivity contribution in [1.82, 2.24) is 0 Å². The minimum absolute atomic E-state index is 0.0881. The highest BCUT2D eigenvalue weighted by Crippen LogP contribution is 2.48. The van der Waals surface area contributed by atoms with Gasteiger partial charge in [-0.05, 0) is 33.7 Å². The molecule has 4 aromatic rings. The van der Waals surface area contributed by atoms with E-state index in [1.165, 1.54) is 0 Å². The van der Waals surface area contributed by atoms with Crippen LogP contribution in [0.2, 0.25) is 0 Å². The maximum atomic E-state index is 11.4. The number of phenols is 2. The second-order valence-corrected chi connectivity index (χ2v) is 9.72. The van der Waals surface area contributed by atoms with E-state index >= 15 is 0 Å². The molecule has 166 valence electrons. The fourth-order valence-electron chi connectivity index (χ4n) is 4.01. The Morgan fingerprint density at radius 2 is 1.00 bits per heavy atom. The molecule has 0 atom stereocenters. The van der Waals surface area contributed by atoms with Crippen molar-refractivity contribution in [3.63, 3.8) is 0 Å². The topological polar surface area (TPSA) is 80.9 Å². The first kappa shape index (κ1) is 22.8. The molecule has 0 aromatic heterocycles. The lowest BCUT2D eigenvalue weighted by Gasteiger charge is -2.19. The lowest BCUT2D eigenvalue weighted by molar-refractivity contribution is 0.322. The Morgan fingerprint density at radius 1 is 0.594 bits per heavy atom. The summed E-state index contributed by atoms with van der Waals surface area (Å²) in [6, 6.07) is 19.7. The number of hydrogen-bond acceptors (Lipinski definition) is 6. The van der Waals surface area contributed by atoms with Gasteiger partial charge in [-0.25, -0.2) is 0 Å². The zero-order valence-electron chi connectivity index (χ0n) is 17.6. The van der Waals surface area contributed by atoms with E-state index in [2.05, 4.69) is 0 Å². The summed E-state index contributed by atoms with van der Waals surface area (Å²) in [6.45, 7) is 0.176. The van der Waals surface area contributed by atoms with Crippen LogP contribution in [0.5, 0.6) is 11.5 Å². The molecule has 0 unspecified atom stereocenters. The average Bonchev–Trinajstić information content (AvgIpc) is 2.81. The van der Waals surface area contributed by atoms with Crippen molar-refractivity contribution in [2.75, 3.05) is 24.7 Å². The summed E-state index contributed by atoms with van der Waals surface area (Å²) in [6.07, 6.45) is 0. The largest absolute Gasteiger partial charge is 0.507 e. The number of aromatic hydroxyl groups is 2. The summed E-state index contributed by atoms with van der Waals surface area (Å²) in [4.78, 5) is 0. The summed E-state index contributed by atoms with van der Waals surface area (Å²) in [5.41, 5.74) is 2.82. The lowest BCUT2D eigenvalue weighted by atomic mass is 9.89. The van der Waals surface area contributed by atoms with Crippen molar-refractivity contribution in [3.05, 3.63) is 71.8 Å². The van der Waals surface area contributed by atoms with E-state index in [0.29, 0.717) is 34.1 Å². The van der Waals surface area contributed by atoms with E-state index < -0.39 is 0 Å². The van der Waals surface area contributed by atoms with Gasteiger partial charge in [0.05, 0.1) is 13.2 Å². The number of thioether (sulfide) groups is 2. The molecular weight excluding hydrogens is 440 g/mol. The van der Waals surface area contributed by atoms with Crippen LogP contribution >= 0.6 is 23.5 Å². The molecule has 0 saturated carbocycles. The maximum absolute atomic E-state index is 11.4. The number of aliphatic hydroxyl groups is 2. The van der Waals surface area contributed by atoms with Crippen molar-refractivity contribution in [2.45, 2.75) is 11.5 Å². The van der Waals surface area contributed by atoms with E-state index in [0.717, 1.165) is 32.7 Å². The molecule has 0 aliphatic heterocycles. The normalized spacial score (nSPS) is 11.4. The third kappa shape index (κ3) is 4.55. The molecule has 0 bridgehead atoms. The van der Waals surface area contributed by atoms with Crippen molar-refractivity contribution < 1.29 is 20.4 Å². The number of rotatable bonds is 9. The van der Waals surface area contributed by atoms with Crippen LogP contribution in [0, 0.1) is 0 Å². The monoisotopic (exact) mass is 466 g/mol. The van der Waals surface area contributed by atoms with Gasteiger partial charge < -0.3 is 20.4 Å². The van der Waals surface area contributed by atoms with Gasteiger partial charge in [-0.3, -0.25) is 0 Å². The van der Waals surface area contributed by atoms with Crippen molar-refractivity contribution >= 4 is 45.1 Å². The lowest BCUT2D eigenvalue weighted by Crippen LogP contribution is -1.95. The van der Waals surface area contributed by atoms with Crippen LogP contribution in [0.3, 0.4) is 0 Å². The number of benzene rings is 4. The van der Waals surface area contributed by atoms with Gasteiger partial charge >= 0.3 is 0 Å². The van der Waals surface area contributed by atoms with E-state index in [1.54, 1.807) is 23.5 Å². The zero-order chi connectivity index (χ0) is 22.5. The van der Waals surface area contributed by atoms with Gasteiger partial charge in [0, 0.05) is 45.3 Å². The fourth-order valence-corrected chi connectivity index (χ4v) is 5.44. The second-order valence-electron chi connectivity index (χ2n) is 7.51. The summed E-state index contributed by atoms with van der Waals surface area (Å²) >= 11 is 3.12. The molecule has 32 heavy (non-hydrogen) atoms. The molecule has 0 saturated heterocycles. The van der Waals surface area contributed by atoms with Crippen LogP contribution in [0.25, 0.3) is 32.7 Å². The van der Waals surface area contributed by atoms with Gasteiger partial charge in [-0.2, -0.15) is 23.5 Å². The maximum Gasteiger partial charge on any atom is 0.128 e. The summed E-state index contributed by atoms with van der Waals surface area (Å²) in [5, 5.41) is 44.9. The highest BCUT2D eigenvalue weighted by Gasteiger charge is 2.21. The predicted molar refractivity (Wildman–Crippen MR) is 137 cm³/mol. The first-order valence-corrected chi connectivity index (χ1v) is 12.8. The second kappa shape index (κ2) is 10.5. The van der Waals surface area contributed by atoms with Crippen LogP contribution in [-0.4, -0.2) is 45.1 Å². The zero-order valence-corrected chi connectivity index (χ0v) is 19.3. The molecule has 4 nitrogen and oxygen atoms in total. The van der Waals surface area contributed by atoms with Crippen molar-refractivity contribution in [2.24, 2.45) is 0 Å². The number of fused-ring (bicyclic) bond motifs is 2. The summed E-state index contributed by atoms with van der Waals surface area (Å²) in [5.74, 6) is 2.63. The van der Waals surface area contributed by atoms with E-state index in [9.17, 15) is 10.2 Å². The number of aliphatic hydroxyl groups excluding tert-OH is 2. The molecule has 0 fully saturated rings. The van der Waals surface area contributed by atoms with Crippen LogP contribution in [-0.2, 0) is 11.5 Å². The van der Waals surface area contributed by atoms with Gasteiger partial charge in [-0.1, -0.05) is 48.5 Å². The standard InChI is InChI=1S/C26H26O4S2/c27-9-11-31-15-19-13-17-5-1-3-7-21(17)23(25(19)29)24-22-8-4-2-6-18(22)14-20(26(24)30)16-32-12-10-28/h1-8,13-14,27-30H,9-12,15-16H2. The summed E-state index contributed by atoms with van der Waals surface area (Å²) in [7, 11) is 0. The first-order valence-electron chi connectivity index (χ1n) is 10.5. The van der Waals surface area contributed by atoms with Crippen LogP contribution < -0.4 is 0 Å². The average molecular weight is 467 g/mol. The van der Waals surface area contributed by atoms with Crippen LogP contribution in [0.1, 0.15) is 11.1 Å². The number of hydrogen-bond donors (Lipinski definition) is 4. The molecule has 4 aromatic carbocycles. The van der Waals surface area contributed by atoms with E-state index in [1.807, 2.05) is 60.7 Å². The molecule has 4 N–H and O–H groups in total. The third-order valence-corrected chi connectivity index (χ3v) is 7.41. The summed E-state index contributed by atoms with van der Waals surface area (Å²) < 4.78 is 0. The molecule has 0 aliphatic carbocycles. The van der Waals surface area contributed by atoms with Gasteiger partial charge in [0.2, 0.25) is 0 Å². The van der Waals surface area contributed by atoms with Gasteiger partial charge in [0.25, 0.3) is 0 Å². The Labute approximate surface area is 195 Å². The molecule has 0 amide bonds. The Morgan fingerprint density at radius 3 is 1.41 bits per heavy atom. The number of phenolic OH excluding ortho intramolecular Hbond substituents is 2. The SMILES string of the molecule is OCCSCc1cc2ccccc2c(-c2c(O)c(CSCCO)cc3ccccc23)c1O. The third-order valence-electron chi connectivity index (χ3n) is 5.44. The fraction of sp³-hybridized carbons (Fsp3) is 0.231. The Hall–Kier alpha value is -2.38. The molecule has 0 spiro atoms. The molecule has 0 aliphatic rings. The smallest absolute Gasteiger partial charge is 0.128 e. The van der Waals surface area contributed by atoms with E-state index in [4.69, 9.17) is 10.2 Å². The van der Waals surface area contributed by atoms with Crippen LogP contribution in [0.15, 0.2) is 60.7 Å². The Balaban J connectivity index is 1.99. The van der Waals surface area contributed by atoms with Crippen LogP contribution in [0.4, 0.5) is 0 Å². The Bertz CT molecular complexity index is 1140.